The highest BCUT2D eigenvalue weighted by atomic mass is 32.2. The lowest BCUT2D eigenvalue weighted by Gasteiger charge is -2.39. The van der Waals surface area contributed by atoms with Crippen LogP contribution in [0.3, 0.4) is 0 Å². The van der Waals surface area contributed by atoms with Crippen LogP contribution in [0.25, 0.3) is 0 Å². The number of carbonyl (C=O) groups is 1. The minimum Gasteiger partial charge on any atom is -0.497 e. The Balaban J connectivity index is 1.33. The summed E-state index contributed by atoms with van der Waals surface area (Å²) >= 11 is 0. The number of hydrogen-bond acceptors (Lipinski definition) is 5. The number of methoxy groups -OCH3 is 1. The molecule has 2 bridgehead atoms. The number of carbonyl (C=O) groups excluding carboxylic acids is 1. The Bertz CT molecular complexity index is 1070. The molecule has 5 rings (SSSR count). The van der Waals surface area contributed by atoms with Crippen LogP contribution >= 0.6 is 0 Å². The van der Waals surface area contributed by atoms with Gasteiger partial charge in [0.05, 0.1) is 26.2 Å². The van der Waals surface area contributed by atoms with E-state index < -0.39 is 20.9 Å². The fraction of sp³-hybridized carbons (Fsp3) is 0.435. The molecule has 31 heavy (non-hydrogen) atoms. The lowest BCUT2D eigenvalue weighted by molar-refractivity contribution is -0.150. The molecule has 7 nitrogen and oxygen atoms in total. The number of morpholine rings is 1. The number of rotatable bonds is 5. The van der Waals surface area contributed by atoms with E-state index in [0.717, 1.165) is 16.9 Å². The van der Waals surface area contributed by atoms with E-state index in [0.29, 0.717) is 26.1 Å². The lowest BCUT2D eigenvalue weighted by Crippen LogP contribution is -2.56. The van der Waals surface area contributed by atoms with E-state index in [4.69, 9.17) is 9.47 Å². The highest BCUT2D eigenvalue weighted by Gasteiger charge is 2.65. The van der Waals surface area contributed by atoms with Gasteiger partial charge in [-0.3, -0.25) is 4.79 Å². The molecule has 3 heterocycles. The molecule has 1 spiro atoms. The molecule has 3 aliphatic rings. The normalized spacial score (nSPS) is 29.0. The van der Waals surface area contributed by atoms with Gasteiger partial charge in [-0.2, -0.15) is 4.31 Å². The lowest BCUT2D eigenvalue weighted by atomic mass is 9.99. The molecule has 0 radical (unpaired) electrons. The van der Waals surface area contributed by atoms with Crippen molar-refractivity contribution in [2.75, 3.05) is 26.7 Å². The maximum absolute atomic E-state index is 13.3. The van der Waals surface area contributed by atoms with Gasteiger partial charge in [-0.25, -0.2) is 8.42 Å². The van der Waals surface area contributed by atoms with Gasteiger partial charge in [-0.1, -0.05) is 42.5 Å². The first kappa shape index (κ1) is 20.5. The van der Waals surface area contributed by atoms with Gasteiger partial charge in [-0.15, -0.1) is 0 Å². The third-order valence-corrected chi connectivity index (χ3v) is 8.90. The van der Waals surface area contributed by atoms with Crippen LogP contribution in [0.2, 0.25) is 0 Å². The van der Waals surface area contributed by atoms with Crippen molar-refractivity contribution in [3.8, 4) is 5.75 Å². The second-order valence-electron chi connectivity index (χ2n) is 8.63. The predicted molar refractivity (Wildman–Crippen MR) is 115 cm³/mol. The van der Waals surface area contributed by atoms with Gasteiger partial charge >= 0.3 is 0 Å². The van der Waals surface area contributed by atoms with E-state index in [9.17, 15) is 13.2 Å². The largest absolute Gasteiger partial charge is 0.497 e. The molecule has 3 atom stereocenters. The van der Waals surface area contributed by atoms with Gasteiger partial charge in [0.25, 0.3) is 0 Å². The molecule has 0 aromatic heterocycles. The van der Waals surface area contributed by atoms with Crippen molar-refractivity contribution in [1.82, 2.24) is 9.21 Å². The molecule has 2 aromatic carbocycles. The number of ether oxygens (including phenoxy) is 2. The van der Waals surface area contributed by atoms with Crippen molar-refractivity contribution in [1.29, 1.82) is 0 Å². The Morgan fingerprint density at radius 1 is 1.10 bits per heavy atom. The van der Waals surface area contributed by atoms with E-state index in [1.165, 1.54) is 4.31 Å². The van der Waals surface area contributed by atoms with E-state index in [1.807, 2.05) is 54.6 Å². The summed E-state index contributed by atoms with van der Waals surface area (Å²) in [5, 5.41) is -0.590. The van der Waals surface area contributed by atoms with E-state index in [2.05, 4.69) is 0 Å². The summed E-state index contributed by atoms with van der Waals surface area (Å²) in [4.78, 5) is 14.8. The standard InChI is InChI=1S/C23H26N2O5S/c1-29-19-9-7-17(8-10-19)11-22(26)24-14-20-12-21-23(15-24,30-20)16-25(31(21,27)28)13-18-5-3-2-4-6-18/h2-10,20-21H,11-16H2,1H3/t20-,21+,23+/m0/s1. The highest BCUT2D eigenvalue weighted by molar-refractivity contribution is 7.90. The Labute approximate surface area is 182 Å². The second-order valence-corrected chi connectivity index (χ2v) is 10.7. The molecule has 164 valence electrons. The maximum Gasteiger partial charge on any atom is 0.227 e. The fourth-order valence-electron chi connectivity index (χ4n) is 5.10. The number of fused-ring (bicyclic) bond motifs is 1. The molecule has 3 saturated heterocycles. The highest BCUT2D eigenvalue weighted by Crippen LogP contribution is 2.47. The van der Waals surface area contributed by atoms with Crippen molar-refractivity contribution in [3.63, 3.8) is 0 Å². The van der Waals surface area contributed by atoms with Crippen LogP contribution in [0.5, 0.6) is 5.75 Å². The monoisotopic (exact) mass is 442 g/mol. The van der Waals surface area contributed by atoms with Crippen LogP contribution in [0, 0.1) is 0 Å². The van der Waals surface area contributed by atoms with Gasteiger partial charge in [0, 0.05) is 19.6 Å². The Morgan fingerprint density at radius 2 is 1.84 bits per heavy atom. The molecular weight excluding hydrogens is 416 g/mol. The second kappa shape index (κ2) is 7.62. The Hall–Kier alpha value is -2.42. The number of nitrogens with zero attached hydrogens (tertiary/aromatic N) is 2. The number of sulfonamides is 1. The van der Waals surface area contributed by atoms with Crippen molar-refractivity contribution in [2.45, 2.75) is 36.3 Å². The molecular formula is C23H26N2O5S. The zero-order valence-electron chi connectivity index (χ0n) is 17.4. The number of benzene rings is 2. The summed E-state index contributed by atoms with van der Waals surface area (Å²) in [6.45, 7) is 1.38. The molecule has 8 heteroatoms. The van der Waals surface area contributed by atoms with Crippen molar-refractivity contribution < 1.29 is 22.7 Å². The van der Waals surface area contributed by atoms with Crippen LogP contribution in [0.15, 0.2) is 54.6 Å². The molecule has 0 saturated carbocycles. The molecule has 0 aliphatic carbocycles. The summed E-state index contributed by atoms with van der Waals surface area (Å²) in [5.74, 6) is 0.745. The third kappa shape index (κ3) is 3.62. The molecule has 3 aliphatic heterocycles. The molecule has 0 N–H and O–H groups in total. The molecule has 0 unspecified atom stereocenters. The first-order valence-electron chi connectivity index (χ1n) is 10.5. The van der Waals surface area contributed by atoms with Gasteiger partial charge in [0.2, 0.25) is 15.9 Å². The molecule has 1 amide bonds. The van der Waals surface area contributed by atoms with Gasteiger partial charge in [0.1, 0.15) is 16.6 Å². The van der Waals surface area contributed by atoms with Crippen LogP contribution in [-0.2, 0) is 32.5 Å². The molecule has 2 aromatic rings. The number of amides is 1. The summed E-state index contributed by atoms with van der Waals surface area (Å²) < 4.78 is 39.5. The number of hydrogen-bond donors (Lipinski definition) is 0. The van der Waals surface area contributed by atoms with Gasteiger partial charge in [0.15, 0.2) is 0 Å². The van der Waals surface area contributed by atoms with Crippen molar-refractivity contribution in [3.05, 3.63) is 65.7 Å². The van der Waals surface area contributed by atoms with Crippen LogP contribution in [0.1, 0.15) is 17.5 Å². The van der Waals surface area contributed by atoms with Crippen LogP contribution < -0.4 is 4.74 Å². The van der Waals surface area contributed by atoms with Gasteiger partial charge < -0.3 is 14.4 Å². The fourth-order valence-corrected chi connectivity index (χ4v) is 7.39. The zero-order valence-corrected chi connectivity index (χ0v) is 18.3. The van der Waals surface area contributed by atoms with Crippen LogP contribution in [-0.4, -0.2) is 67.2 Å². The van der Waals surface area contributed by atoms with Crippen molar-refractivity contribution >= 4 is 15.9 Å². The first-order chi connectivity index (χ1) is 14.9. The Morgan fingerprint density at radius 3 is 2.55 bits per heavy atom. The summed E-state index contributed by atoms with van der Waals surface area (Å²) in [6.07, 6.45) is 0.491. The first-order valence-corrected chi connectivity index (χ1v) is 12.0. The minimum atomic E-state index is -3.49. The average Bonchev–Trinajstić information content (AvgIpc) is 3.14. The van der Waals surface area contributed by atoms with Crippen molar-refractivity contribution in [2.24, 2.45) is 0 Å². The third-order valence-electron chi connectivity index (χ3n) is 6.58. The average molecular weight is 443 g/mol. The smallest absolute Gasteiger partial charge is 0.227 e. The van der Waals surface area contributed by atoms with E-state index >= 15 is 0 Å². The predicted octanol–water partition coefficient (Wildman–Crippen LogP) is 1.82. The molecule has 3 fully saturated rings. The summed E-state index contributed by atoms with van der Waals surface area (Å²) in [7, 11) is -1.88. The van der Waals surface area contributed by atoms with Gasteiger partial charge in [-0.05, 0) is 29.7 Å². The summed E-state index contributed by atoms with van der Waals surface area (Å²) in [5.41, 5.74) is 1.01. The quantitative estimate of drug-likeness (QED) is 0.706. The van der Waals surface area contributed by atoms with Crippen LogP contribution in [0.4, 0.5) is 0 Å². The van der Waals surface area contributed by atoms with E-state index in [-0.39, 0.29) is 25.0 Å². The SMILES string of the molecule is COc1ccc(CC(=O)N2C[C@@H]3C[C@@H]4[C@@](C2)(CN(Cc2ccccc2)S4(=O)=O)O3)cc1. The summed E-state index contributed by atoms with van der Waals surface area (Å²) in [6, 6.07) is 17.0. The van der Waals surface area contributed by atoms with E-state index in [1.54, 1.807) is 12.0 Å². The Kier molecular flexibility index (Phi) is 5.03. The maximum atomic E-state index is 13.3. The number of likely N-dealkylation sites (tertiary alicyclic amines) is 1. The zero-order chi connectivity index (χ0) is 21.6. The minimum absolute atomic E-state index is 0.00241. The topological polar surface area (TPSA) is 76.2 Å².